The van der Waals surface area contributed by atoms with E-state index in [0.717, 1.165) is 16.8 Å². The molecule has 0 aliphatic carbocycles. The molecule has 1 atom stereocenters. The quantitative estimate of drug-likeness (QED) is 0.788. The minimum atomic E-state index is -0.549. The van der Waals surface area contributed by atoms with E-state index in [-0.39, 0.29) is 6.04 Å². The molecule has 0 radical (unpaired) electrons. The van der Waals surface area contributed by atoms with Crippen LogP contribution in [0.25, 0.3) is 11.3 Å². The molecule has 0 saturated heterocycles. The van der Waals surface area contributed by atoms with Gasteiger partial charge in [-0.2, -0.15) is 0 Å². The highest BCUT2D eigenvalue weighted by atomic mass is 16.6. The zero-order valence-corrected chi connectivity index (χ0v) is 15.0. The van der Waals surface area contributed by atoms with Gasteiger partial charge in [0, 0.05) is 11.8 Å². The van der Waals surface area contributed by atoms with Crippen LogP contribution in [0, 0.1) is 0 Å². The summed E-state index contributed by atoms with van der Waals surface area (Å²) >= 11 is 0. The molecule has 1 aromatic carbocycles. The number of alkyl carbamates (subject to hydrolysis) is 1. The lowest BCUT2D eigenvalue weighted by molar-refractivity contribution is 0.0504. The second-order valence-corrected chi connectivity index (χ2v) is 6.79. The summed E-state index contributed by atoms with van der Waals surface area (Å²) in [4.78, 5) is 16.5. The van der Waals surface area contributed by atoms with Crippen molar-refractivity contribution < 1.29 is 9.53 Å². The van der Waals surface area contributed by atoms with Crippen LogP contribution in [0.3, 0.4) is 0 Å². The van der Waals surface area contributed by atoms with Crippen LogP contribution in [-0.2, 0) is 4.74 Å². The number of carbonyl (C=O) groups is 1. The van der Waals surface area contributed by atoms with Gasteiger partial charge in [0.25, 0.3) is 0 Å². The molecule has 5 heteroatoms. The van der Waals surface area contributed by atoms with Crippen molar-refractivity contribution in [2.75, 3.05) is 5.73 Å². The highest BCUT2D eigenvalue weighted by Gasteiger charge is 2.20. The Morgan fingerprint density at radius 2 is 2.12 bits per heavy atom. The standard InChI is InChI=1S/C20H25N3O2/c1-5-8-17(23-19(24)25-20(2,3)4)14-9-6-10-15(13-14)18-16(21)11-7-12-22-18/h5-7,9-13,17H,1,8,21H2,2-4H3,(H,23,24)/t17-/m0/s1. The highest BCUT2D eigenvalue weighted by molar-refractivity contribution is 5.73. The first-order valence-corrected chi connectivity index (χ1v) is 8.21. The summed E-state index contributed by atoms with van der Waals surface area (Å²) in [7, 11) is 0. The number of nitrogens with one attached hydrogen (secondary N) is 1. The predicted octanol–water partition coefficient (Wildman–Crippen LogP) is 4.47. The van der Waals surface area contributed by atoms with E-state index in [9.17, 15) is 4.79 Å². The third kappa shape index (κ3) is 5.35. The molecule has 0 spiro atoms. The molecule has 25 heavy (non-hydrogen) atoms. The van der Waals surface area contributed by atoms with E-state index >= 15 is 0 Å². The van der Waals surface area contributed by atoms with Gasteiger partial charge in [-0.15, -0.1) is 6.58 Å². The molecular formula is C20H25N3O2. The van der Waals surface area contributed by atoms with Crippen molar-refractivity contribution in [2.24, 2.45) is 0 Å². The Hall–Kier alpha value is -2.82. The monoisotopic (exact) mass is 339 g/mol. The molecule has 0 aliphatic rings. The zero-order valence-electron chi connectivity index (χ0n) is 15.0. The van der Waals surface area contributed by atoms with Gasteiger partial charge in [-0.3, -0.25) is 4.98 Å². The van der Waals surface area contributed by atoms with Crippen LogP contribution in [0.1, 0.15) is 38.8 Å². The van der Waals surface area contributed by atoms with E-state index in [1.165, 1.54) is 0 Å². The van der Waals surface area contributed by atoms with Gasteiger partial charge >= 0.3 is 6.09 Å². The van der Waals surface area contributed by atoms with Crippen LogP contribution in [0.5, 0.6) is 0 Å². The number of benzene rings is 1. The van der Waals surface area contributed by atoms with Gasteiger partial charge in [0.1, 0.15) is 5.60 Å². The second-order valence-electron chi connectivity index (χ2n) is 6.79. The van der Waals surface area contributed by atoms with E-state index in [1.807, 2.05) is 51.1 Å². The number of pyridine rings is 1. The highest BCUT2D eigenvalue weighted by Crippen LogP contribution is 2.27. The van der Waals surface area contributed by atoms with E-state index in [1.54, 1.807) is 18.3 Å². The number of ether oxygens (including phenoxy) is 1. The summed E-state index contributed by atoms with van der Waals surface area (Å²) in [6.45, 7) is 9.28. The smallest absolute Gasteiger partial charge is 0.408 e. The number of anilines is 1. The molecule has 0 fully saturated rings. The number of nitrogens with zero attached hydrogens (tertiary/aromatic N) is 1. The Kier molecular flexibility index (Phi) is 5.80. The molecular weight excluding hydrogens is 314 g/mol. The molecule has 5 nitrogen and oxygen atoms in total. The van der Waals surface area contributed by atoms with Crippen LogP contribution in [0.4, 0.5) is 10.5 Å². The second kappa shape index (κ2) is 7.83. The normalized spacial score (nSPS) is 12.3. The molecule has 1 heterocycles. The lowest BCUT2D eigenvalue weighted by atomic mass is 9.99. The maximum atomic E-state index is 12.1. The predicted molar refractivity (Wildman–Crippen MR) is 101 cm³/mol. The molecule has 0 unspecified atom stereocenters. The summed E-state index contributed by atoms with van der Waals surface area (Å²) < 4.78 is 5.35. The Morgan fingerprint density at radius 1 is 1.36 bits per heavy atom. The molecule has 0 aliphatic heterocycles. The molecule has 2 aromatic rings. The summed E-state index contributed by atoms with van der Waals surface area (Å²) in [6.07, 6.45) is 3.60. The first-order valence-electron chi connectivity index (χ1n) is 8.21. The van der Waals surface area contributed by atoms with Crippen LogP contribution in [0.15, 0.2) is 55.3 Å². The van der Waals surface area contributed by atoms with Crippen molar-refractivity contribution in [1.82, 2.24) is 10.3 Å². The Morgan fingerprint density at radius 3 is 2.76 bits per heavy atom. The van der Waals surface area contributed by atoms with Gasteiger partial charge in [0.2, 0.25) is 0 Å². The van der Waals surface area contributed by atoms with E-state index in [4.69, 9.17) is 10.5 Å². The lowest BCUT2D eigenvalue weighted by Gasteiger charge is -2.23. The van der Waals surface area contributed by atoms with Crippen LogP contribution in [-0.4, -0.2) is 16.7 Å². The number of hydrogen-bond donors (Lipinski definition) is 2. The fourth-order valence-corrected chi connectivity index (χ4v) is 2.46. The molecule has 0 saturated carbocycles. The number of aromatic nitrogens is 1. The first-order chi connectivity index (χ1) is 11.8. The molecule has 132 valence electrons. The first kappa shape index (κ1) is 18.5. The van der Waals surface area contributed by atoms with Gasteiger partial charge in [-0.25, -0.2) is 4.79 Å². The largest absolute Gasteiger partial charge is 0.444 e. The van der Waals surface area contributed by atoms with Gasteiger partial charge in [0.05, 0.1) is 17.4 Å². The van der Waals surface area contributed by atoms with Crippen LogP contribution < -0.4 is 11.1 Å². The SMILES string of the molecule is C=CC[C@H](NC(=O)OC(C)(C)C)c1cccc(-c2ncccc2N)c1. The fraction of sp³-hybridized carbons (Fsp3) is 0.300. The number of rotatable bonds is 5. The number of carbonyl (C=O) groups excluding carboxylic acids is 1. The Balaban J connectivity index is 2.27. The van der Waals surface area contributed by atoms with Crippen molar-refractivity contribution in [2.45, 2.75) is 38.8 Å². The topological polar surface area (TPSA) is 77.2 Å². The summed E-state index contributed by atoms with van der Waals surface area (Å²) in [5.41, 5.74) is 8.64. The summed E-state index contributed by atoms with van der Waals surface area (Å²) in [5.74, 6) is 0. The Bertz CT molecular complexity index is 751. The minimum Gasteiger partial charge on any atom is -0.444 e. The lowest BCUT2D eigenvalue weighted by Crippen LogP contribution is -2.34. The average molecular weight is 339 g/mol. The maximum absolute atomic E-state index is 12.1. The summed E-state index contributed by atoms with van der Waals surface area (Å²) in [6, 6.07) is 11.2. The number of amides is 1. The molecule has 1 amide bonds. The molecule has 1 aromatic heterocycles. The van der Waals surface area contributed by atoms with Gasteiger partial charge < -0.3 is 15.8 Å². The summed E-state index contributed by atoms with van der Waals surface area (Å²) in [5, 5.41) is 2.90. The van der Waals surface area contributed by atoms with Crippen molar-refractivity contribution >= 4 is 11.8 Å². The third-order valence-electron chi connectivity index (χ3n) is 3.49. The van der Waals surface area contributed by atoms with Crippen molar-refractivity contribution in [1.29, 1.82) is 0 Å². The van der Waals surface area contributed by atoms with Gasteiger partial charge in [-0.1, -0.05) is 24.3 Å². The van der Waals surface area contributed by atoms with Crippen molar-refractivity contribution in [3.05, 3.63) is 60.8 Å². The third-order valence-corrected chi connectivity index (χ3v) is 3.49. The maximum Gasteiger partial charge on any atom is 0.408 e. The number of hydrogen-bond acceptors (Lipinski definition) is 4. The van der Waals surface area contributed by atoms with Crippen molar-refractivity contribution in [3.63, 3.8) is 0 Å². The van der Waals surface area contributed by atoms with Crippen LogP contribution >= 0.6 is 0 Å². The van der Waals surface area contributed by atoms with Crippen molar-refractivity contribution in [3.8, 4) is 11.3 Å². The van der Waals surface area contributed by atoms with Gasteiger partial charge in [-0.05, 0) is 51.0 Å². The minimum absolute atomic E-state index is 0.239. The number of nitrogens with two attached hydrogens (primary N) is 1. The van der Waals surface area contributed by atoms with E-state index < -0.39 is 11.7 Å². The van der Waals surface area contributed by atoms with E-state index in [0.29, 0.717) is 12.1 Å². The fourth-order valence-electron chi connectivity index (χ4n) is 2.46. The molecule has 3 N–H and O–H groups in total. The zero-order chi connectivity index (χ0) is 18.4. The van der Waals surface area contributed by atoms with Crippen LogP contribution in [0.2, 0.25) is 0 Å². The average Bonchev–Trinajstić information content (AvgIpc) is 2.53. The number of nitrogen functional groups attached to an aromatic ring is 1. The molecule has 2 rings (SSSR count). The van der Waals surface area contributed by atoms with E-state index in [2.05, 4.69) is 16.9 Å². The van der Waals surface area contributed by atoms with Gasteiger partial charge in [0.15, 0.2) is 0 Å². The Labute approximate surface area is 148 Å². The molecule has 0 bridgehead atoms.